The minimum Gasteiger partial charge on any atom is -0.486 e. The minimum absolute atomic E-state index is 0.496. The van der Waals surface area contributed by atoms with Gasteiger partial charge in [-0.1, -0.05) is 37.8 Å². The van der Waals surface area contributed by atoms with Gasteiger partial charge in [-0.15, -0.1) is 0 Å². The van der Waals surface area contributed by atoms with Crippen LogP contribution in [0.3, 0.4) is 0 Å². The maximum atomic E-state index is 11.7. The van der Waals surface area contributed by atoms with Crippen LogP contribution in [0.2, 0.25) is 0 Å². The zero-order chi connectivity index (χ0) is 22.9. The van der Waals surface area contributed by atoms with Crippen molar-refractivity contribution in [3.8, 4) is 11.5 Å². The van der Waals surface area contributed by atoms with Gasteiger partial charge in [0.2, 0.25) is 0 Å². The molecule has 1 aromatic carbocycles. The number of fused-ring (bicyclic) bond motifs is 2. The van der Waals surface area contributed by atoms with Crippen molar-refractivity contribution >= 4 is 11.8 Å². The van der Waals surface area contributed by atoms with Crippen molar-refractivity contribution in [2.75, 3.05) is 25.1 Å². The highest BCUT2D eigenvalue weighted by molar-refractivity contribution is 5.73. The molecular formula is C26H35N3O4. The number of hydrogen-bond donors (Lipinski definition) is 3. The average Bonchev–Trinajstić information content (AvgIpc) is 2.84. The van der Waals surface area contributed by atoms with Crippen molar-refractivity contribution in [1.82, 2.24) is 10.3 Å². The summed E-state index contributed by atoms with van der Waals surface area (Å²) in [5.41, 5.74) is 3.49. The number of aryl methyl sites for hydroxylation is 2. The van der Waals surface area contributed by atoms with Gasteiger partial charge >= 0.3 is 5.97 Å². The number of anilines is 1. The Morgan fingerprint density at radius 2 is 1.88 bits per heavy atom. The van der Waals surface area contributed by atoms with E-state index in [0.717, 1.165) is 80.1 Å². The van der Waals surface area contributed by atoms with Gasteiger partial charge in [0.05, 0.1) is 0 Å². The van der Waals surface area contributed by atoms with Gasteiger partial charge in [-0.05, 0) is 61.4 Å². The van der Waals surface area contributed by atoms with Gasteiger partial charge in [0, 0.05) is 18.8 Å². The first-order valence-electron chi connectivity index (χ1n) is 12.3. The fourth-order valence-corrected chi connectivity index (χ4v) is 4.44. The smallest absolute Gasteiger partial charge is 0.320 e. The number of unbranched alkanes of at least 4 members (excludes halogenated alkanes) is 4. The quantitative estimate of drug-likeness (QED) is 0.412. The maximum Gasteiger partial charge on any atom is 0.320 e. The Kier molecular flexibility index (Phi) is 8.41. The summed E-state index contributed by atoms with van der Waals surface area (Å²) >= 11 is 0. The van der Waals surface area contributed by atoms with Crippen LogP contribution in [0.5, 0.6) is 11.5 Å². The van der Waals surface area contributed by atoms with Crippen molar-refractivity contribution in [3.63, 3.8) is 0 Å². The number of nitrogens with one attached hydrogen (secondary N) is 2. The highest BCUT2D eigenvalue weighted by Gasteiger charge is 2.17. The van der Waals surface area contributed by atoms with Crippen LogP contribution < -0.4 is 20.1 Å². The van der Waals surface area contributed by atoms with Gasteiger partial charge < -0.3 is 25.2 Å². The molecule has 0 saturated heterocycles. The summed E-state index contributed by atoms with van der Waals surface area (Å²) in [6, 6.07) is 9.60. The molecule has 0 amide bonds. The number of carboxylic acids is 1. The molecule has 33 heavy (non-hydrogen) atoms. The first kappa shape index (κ1) is 23.4. The molecule has 3 heterocycles. The van der Waals surface area contributed by atoms with Gasteiger partial charge in [-0.25, -0.2) is 4.98 Å². The second-order valence-electron chi connectivity index (χ2n) is 8.90. The number of pyridine rings is 1. The molecule has 7 heteroatoms. The number of aromatic nitrogens is 1. The molecule has 2 aliphatic rings. The van der Waals surface area contributed by atoms with E-state index in [0.29, 0.717) is 26.2 Å². The van der Waals surface area contributed by atoms with E-state index in [1.165, 1.54) is 12.0 Å². The Labute approximate surface area is 195 Å². The number of carboxylic acid groups (broad SMARTS) is 1. The average molecular weight is 454 g/mol. The predicted octanol–water partition coefficient (Wildman–Crippen LogP) is 4.34. The number of hydrogen-bond acceptors (Lipinski definition) is 6. The molecule has 1 atom stereocenters. The Morgan fingerprint density at radius 1 is 1.06 bits per heavy atom. The van der Waals surface area contributed by atoms with E-state index in [4.69, 9.17) is 14.5 Å². The van der Waals surface area contributed by atoms with Crippen LogP contribution in [-0.2, 0) is 24.2 Å². The molecule has 0 aliphatic carbocycles. The lowest BCUT2D eigenvalue weighted by atomic mass is 10.0. The van der Waals surface area contributed by atoms with Crippen LogP contribution in [0.4, 0.5) is 5.82 Å². The fourth-order valence-electron chi connectivity index (χ4n) is 4.44. The highest BCUT2D eigenvalue weighted by atomic mass is 16.6. The molecule has 2 aliphatic heterocycles. The molecule has 0 spiro atoms. The number of carbonyl (C=O) groups is 1. The van der Waals surface area contributed by atoms with Gasteiger partial charge in [-0.2, -0.15) is 0 Å². The second-order valence-corrected chi connectivity index (χ2v) is 8.90. The summed E-state index contributed by atoms with van der Waals surface area (Å²) < 4.78 is 11.1. The monoisotopic (exact) mass is 453 g/mol. The molecule has 2 aromatic rings. The summed E-state index contributed by atoms with van der Waals surface area (Å²) in [4.78, 5) is 16.4. The molecule has 0 bridgehead atoms. The van der Waals surface area contributed by atoms with Crippen molar-refractivity contribution in [1.29, 1.82) is 0 Å². The van der Waals surface area contributed by atoms with E-state index in [1.54, 1.807) is 0 Å². The molecule has 0 fully saturated rings. The molecule has 1 aromatic heterocycles. The Bertz CT molecular complexity index is 934. The third-order valence-electron chi connectivity index (χ3n) is 6.33. The van der Waals surface area contributed by atoms with Gasteiger partial charge in [0.15, 0.2) is 11.5 Å². The van der Waals surface area contributed by atoms with E-state index >= 15 is 0 Å². The molecule has 4 rings (SSSR count). The SMILES string of the molecule is O=C(O)C(CCCCCCCc1ccc2c(n1)NCCC2)NCc1ccc2c(c1)OCCO2. The fraction of sp³-hybridized carbons (Fsp3) is 0.538. The number of aliphatic carboxylic acids is 1. The largest absolute Gasteiger partial charge is 0.486 e. The molecule has 178 valence electrons. The predicted molar refractivity (Wildman–Crippen MR) is 128 cm³/mol. The molecule has 0 saturated carbocycles. The van der Waals surface area contributed by atoms with Crippen LogP contribution in [0.25, 0.3) is 0 Å². The van der Waals surface area contributed by atoms with Crippen molar-refractivity contribution in [2.24, 2.45) is 0 Å². The second kappa shape index (κ2) is 11.9. The van der Waals surface area contributed by atoms with Crippen LogP contribution in [0.1, 0.15) is 61.8 Å². The van der Waals surface area contributed by atoms with Crippen molar-refractivity contribution in [2.45, 2.75) is 70.4 Å². The number of rotatable bonds is 12. The van der Waals surface area contributed by atoms with E-state index < -0.39 is 12.0 Å². The van der Waals surface area contributed by atoms with Crippen LogP contribution >= 0.6 is 0 Å². The number of nitrogens with zero attached hydrogens (tertiary/aromatic N) is 1. The maximum absolute atomic E-state index is 11.7. The standard InChI is InChI=1S/C26H35N3O4/c30-26(31)22(28-18-19-10-13-23-24(17-19)33-16-15-32-23)9-5-3-1-2-4-8-21-12-11-20-7-6-14-27-25(20)29-21/h10-13,17,22,28H,1-9,14-16,18H2,(H,27,29)(H,30,31). The third kappa shape index (κ3) is 6.84. The van der Waals surface area contributed by atoms with Gasteiger partial charge in [0.25, 0.3) is 0 Å². The molecule has 0 radical (unpaired) electrons. The topological polar surface area (TPSA) is 92.7 Å². The van der Waals surface area contributed by atoms with Crippen molar-refractivity contribution in [3.05, 3.63) is 47.2 Å². The molecule has 1 unspecified atom stereocenters. The van der Waals surface area contributed by atoms with E-state index in [-0.39, 0.29) is 0 Å². The Balaban J connectivity index is 1.11. The number of ether oxygens (including phenoxy) is 2. The zero-order valence-corrected chi connectivity index (χ0v) is 19.3. The van der Waals surface area contributed by atoms with Gasteiger partial charge in [-0.3, -0.25) is 4.79 Å². The Morgan fingerprint density at radius 3 is 2.76 bits per heavy atom. The summed E-state index contributed by atoms with van der Waals surface area (Å²) in [5.74, 6) is 1.76. The van der Waals surface area contributed by atoms with Crippen molar-refractivity contribution < 1.29 is 19.4 Å². The highest BCUT2D eigenvalue weighted by Crippen LogP contribution is 2.30. The molecule has 3 N–H and O–H groups in total. The lowest BCUT2D eigenvalue weighted by Crippen LogP contribution is -2.36. The van der Waals surface area contributed by atoms with Crippen LogP contribution in [0.15, 0.2) is 30.3 Å². The summed E-state index contributed by atoms with van der Waals surface area (Å²) in [6.45, 7) is 2.62. The summed E-state index contributed by atoms with van der Waals surface area (Å²) in [5, 5.41) is 16.2. The normalized spacial score (nSPS) is 15.4. The minimum atomic E-state index is -0.792. The van der Waals surface area contributed by atoms with E-state index in [1.807, 2.05) is 18.2 Å². The van der Waals surface area contributed by atoms with E-state index in [2.05, 4.69) is 22.8 Å². The Hall–Kier alpha value is -2.80. The molecule has 7 nitrogen and oxygen atoms in total. The summed E-state index contributed by atoms with van der Waals surface area (Å²) in [7, 11) is 0. The number of benzene rings is 1. The zero-order valence-electron chi connectivity index (χ0n) is 19.3. The van der Waals surface area contributed by atoms with E-state index in [9.17, 15) is 9.90 Å². The lowest BCUT2D eigenvalue weighted by Gasteiger charge is -2.19. The first-order chi connectivity index (χ1) is 16.2. The van der Waals surface area contributed by atoms with Crippen LogP contribution in [-0.4, -0.2) is 41.9 Å². The molecular weight excluding hydrogens is 418 g/mol. The van der Waals surface area contributed by atoms with Gasteiger partial charge in [0.1, 0.15) is 25.1 Å². The lowest BCUT2D eigenvalue weighted by molar-refractivity contribution is -0.139. The third-order valence-corrected chi connectivity index (χ3v) is 6.33. The first-order valence-corrected chi connectivity index (χ1v) is 12.3. The summed E-state index contributed by atoms with van der Waals surface area (Å²) in [6.07, 6.45) is 9.30. The van der Waals surface area contributed by atoms with Crippen LogP contribution in [0, 0.1) is 0 Å².